The molecule has 0 unspecified atom stereocenters. The van der Waals surface area contributed by atoms with Crippen molar-refractivity contribution in [3.63, 3.8) is 0 Å². The third kappa shape index (κ3) is 4.66. The number of benzene rings is 1. The molecule has 0 bridgehead atoms. The van der Waals surface area contributed by atoms with E-state index >= 15 is 0 Å². The highest BCUT2D eigenvalue weighted by atomic mass is 16.6. The average molecular weight is 418 g/mol. The number of fused-ring (bicyclic) bond motifs is 1. The Morgan fingerprint density at radius 1 is 0.935 bits per heavy atom. The molecule has 31 heavy (non-hydrogen) atoms. The fraction of sp³-hybridized carbons (Fsp3) is 0.333. The van der Waals surface area contributed by atoms with Gasteiger partial charge in [0.25, 0.3) is 5.91 Å². The predicted octanol–water partition coefficient (Wildman–Crippen LogP) is 3.99. The fourth-order valence-corrected chi connectivity index (χ4v) is 3.61. The molecule has 3 heterocycles. The number of ether oxygens (including phenoxy) is 1. The number of carbonyl (C=O) groups excluding carboxylic acids is 2. The molecule has 3 aromatic rings. The van der Waals surface area contributed by atoms with Gasteiger partial charge >= 0.3 is 6.09 Å². The summed E-state index contributed by atoms with van der Waals surface area (Å²) >= 11 is 0. The summed E-state index contributed by atoms with van der Waals surface area (Å²) in [6.07, 6.45) is 3.08. The molecule has 1 aromatic carbocycles. The van der Waals surface area contributed by atoms with Crippen molar-refractivity contribution in [3.05, 3.63) is 60.4 Å². The van der Waals surface area contributed by atoms with E-state index < -0.39 is 5.60 Å². The highest BCUT2D eigenvalue weighted by Crippen LogP contribution is 2.26. The molecule has 2 amide bonds. The van der Waals surface area contributed by atoms with E-state index in [1.165, 1.54) is 0 Å². The maximum absolute atomic E-state index is 13.5. The molecule has 1 aliphatic heterocycles. The Kier molecular flexibility index (Phi) is 5.59. The van der Waals surface area contributed by atoms with Gasteiger partial charge in [0.15, 0.2) is 0 Å². The Morgan fingerprint density at radius 3 is 2.26 bits per heavy atom. The molecule has 4 rings (SSSR count). The molecule has 7 nitrogen and oxygen atoms in total. The lowest BCUT2D eigenvalue weighted by Crippen LogP contribution is -2.51. The van der Waals surface area contributed by atoms with Gasteiger partial charge in [-0.15, -0.1) is 0 Å². The first-order valence-electron chi connectivity index (χ1n) is 10.4. The van der Waals surface area contributed by atoms with Crippen molar-refractivity contribution >= 4 is 22.9 Å². The van der Waals surface area contributed by atoms with Gasteiger partial charge in [0.05, 0.1) is 16.8 Å². The van der Waals surface area contributed by atoms with E-state index in [2.05, 4.69) is 4.98 Å². The smallest absolute Gasteiger partial charge is 0.410 e. The summed E-state index contributed by atoms with van der Waals surface area (Å²) in [4.78, 5) is 38.0. The second kappa shape index (κ2) is 8.34. The molecule has 1 fully saturated rings. The van der Waals surface area contributed by atoms with Crippen LogP contribution >= 0.6 is 0 Å². The maximum Gasteiger partial charge on any atom is 0.410 e. The minimum atomic E-state index is -0.538. The van der Waals surface area contributed by atoms with Gasteiger partial charge in [0.2, 0.25) is 0 Å². The molecule has 0 aliphatic carbocycles. The molecule has 160 valence electrons. The van der Waals surface area contributed by atoms with Gasteiger partial charge in [-0.25, -0.2) is 9.78 Å². The Hall–Kier alpha value is -3.48. The minimum absolute atomic E-state index is 0.0576. The monoisotopic (exact) mass is 418 g/mol. The van der Waals surface area contributed by atoms with Crippen molar-refractivity contribution in [1.82, 2.24) is 19.8 Å². The van der Waals surface area contributed by atoms with Gasteiger partial charge in [-0.3, -0.25) is 9.78 Å². The number of hydrogen-bond acceptors (Lipinski definition) is 5. The molecule has 0 saturated carbocycles. The quantitative estimate of drug-likeness (QED) is 0.629. The van der Waals surface area contributed by atoms with Crippen LogP contribution in [-0.4, -0.2) is 63.5 Å². The number of nitrogens with zero attached hydrogens (tertiary/aromatic N) is 4. The van der Waals surface area contributed by atoms with Crippen molar-refractivity contribution < 1.29 is 14.3 Å². The lowest BCUT2D eigenvalue weighted by molar-refractivity contribution is 0.0141. The Bertz CT molecular complexity index is 1100. The molecule has 0 N–H and O–H groups in total. The normalized spacial score (nSPS) is 14.5. The number of aromatic nitrogens is 2. The van der Waals surface area contributed by atoms with Gasteiger partial charge < -0.3 is 14.5 Å². The number of piperazine rings is 1. The number of para-hydroxylation sites is 1. The van der Waals surface area contributed by atoms with Crippen molar-refractivity contribution in [2.75, 3.05) is 26.2 Å². The van der Waals surface area contributed by atoms with E-state index in [9.17, 15) is 9.59 Å². The molecule has 0 atom stereocenters. The van der Waals surface area contributed by atoms with Crippen molar-refractivity contribution in [3.8, 4) is 11.3 Å². The van der Waals surface area contributed by atoms with Crippen LogP contribution in [0.2, 0.25) is 0 Å². The molecule has 7 heteroatoms. The Balaban J connectivity index is 1.58. The second-order valence-corrected chi connectivity index (χ2v) is 8.57. The first-order chi connectivity index (χ1) is 14.8. The van der Waals surface area contributed by atoms with Crippen LogP contribution in [0, 0.1) is 0 Å². The van der Waals surface area contributed by atoms with Gasteiger partial charge in [-0.2, -0.15) is 0 Å². The number of rotatable bonds is 2. The van der Waals surface area contributed by atoms with Crippen LogP contribution in [0.25, 0.3) is 22.2 Å². The minimum Gasteiger partial charge on any atom is -0.444 e. The summed E-state index contributed by atoms with van der Waals surface area (Å²) in [6, 6.07) is 13.3. The third-order valence-corrected chi connectivity index (χ3v) is 5.14. The maximum atomic E-state index is 13.5. The Labute approximate surface area is 181 Å². The second-order valence-electron chi connectivity index (χ2n) is 8.57. The fourth-order valence-electron chi connectivity index (χ4n) is 3.61. The predicted molar refractivity (Wildman–Crippen MR) is 119 cm³/mol. The molecule has 0 spiro atoms. The van der Waals surface area contributed by atoms with Crippen LogP contribution in [0.1, 0.15) is 31.1 Å². The number of carbonyl (C=O) groups is 2. The lowest BCUT2D eigenvalue weighted by Gasteiger charge is -2.35. The standard InChI is InChI=1S/C24H26N4O3/c1-24(2,3)31-23(30)28-14-12-27(13-15-28)22(29)19-16-21(17-8-10-25-11-9-17)26-20-7-5-4-6-18(19)20/h4-11,16H,12-15H2,1-3H3. The first-order valence-corrected chi connectivity index (χ1v) is 10.4. The molecule has 2 aromatic heterocycles. The third-order valence-electron chi connectivity index (χ3n) is 5.14. The van der Waals surface area contributed by atoms with Crippen LogP contribution in [0.3, 0.4) is 0 Å². The zero-order valence-electron chi connectivity index (χ0n) is 18.0. The van der Waals surface area contributed by atoms with Crippen molar-refractivity contribution in [2.45, 2.75) is 26.4 Å². The SMILES string of the molecule is CC(C)(C)OC(=O)N1CCN(C(=O)c2cc(-c3ccncc3)nc3ccccc23)CC1. The van der Waals surface area contributed by atoms with E-state index in [0.29, 0.717) is 31.7 Å². The number of pyridine rings is 2. The van der Waals surface area contributed by atoms with Crippen LogP contribution in [0.15, 0.2) is 54.9 Å². The van der Waals surface area contributed by atoms with Crippen LogP contribution in [-0.2, 0) is 4.74 Å². The van der Waals surface area contributed by atoms with Gasteiger partial charge in [0, 0.05) is 49.5 Å². The van der Waals surface area contributed by atoms with E-state index in [0.717, 1.165) is 22.2 Å². The van der Waals surface area contributed by atoms with E-state index in [1.807, 2.05) is 63.2 Å². The molecular weight excluding hydrogens is 392 g/mol. The lowest BCUT2D eigenvalue weighted by atomic mass is 10.0. The van der Waals surface area contributed by atoms with E-state index in [-0.39, 0.29) is 12.0 Å². The summed E-state index contributed by atoms with van der Waals surface area (Å²) in [6.45, 7) is 7.35. The van der Waals surface area contributed by atoms with Gasteiger partial charge in [0.1, 0.15) is 5.60 Å². The molecular formula is C24H26N4O3. The van der Waals surface area contributed by atoms with Gasteiger partial charge in [-0.05, 0) is 45.0 Å². The molecule has 0 radical (unpaired) electrons. The summed E-state index contributed by atoms with van der Waals surface area (Å²) in [5.41, 5.74) is 2.49. The summed E-state index contributed by atoms with van der Waals surface area (Å²) in [7, 11) is 0. The van der Waals surface area contributed by atoms with Crippen molar-refractivity contribution in [2.24, 2.45) is 0 Å². The van der Waals surface area contributed by atoms with Crippen molar-refractivity contribution in [1.29, 1.82) is 0 Å². The van der Waals surface area contributed by atoms with E-state index in [4.69, 9.17) is 9.72 Å². The van der Waals surface area contributed by atoms with Crippen LogP contribution < -0.4 is 0 Å². The molecule has 1 aliphatic rings. The van der Waals surface area contributed by atoms with E-state index in [1.54, 1.807) is 22.2 Å². The van der Waals surface area contributed by atoms with Gasteiger partial charge in [-0.1, -0.05) is 18.2 Å². The largest absolute Gasteiger partial charge is 0.444 e. The summed E-state index contributed by atoms with van der Waals surface area (Å²) < 4.78 is 5.45. The Morgan fingerprint density at radius 2 is 1.58 bits per heavy atom. The summed E-state index contributed by atoms with van der Waals surface area (Å²) in [5.74, 6) is -0.0576. The number of hydrogen-bond donors (Lipinski definition) is 0. The van der Waals surface area contributed by atoms with Crippen LogP contribution in [0.4, 0.5) is 4.79 Å². The average Bonchev–Trinajstić information content (AvgIpc) is 2.77. The highest BCUT2D eigenvalue weighted by Gasteiger charge is 2.29. The zero-order valence-corrected chi connectivity index (χ0v) is 18.0. The summed E-state index contributed by atoms with van der Waals surface area (Å²) in [5, 5.41) is 0.819. The topological polar surface area (TPSA) is 75.6 Å². The van der Waals surface area contributed by atoms with Crippen LogP contribution in [0.5, 0.6) is 0 Å². The molecule has 1 saturated heterocycles. The number of amides is 2. The zero-order chi connectivity index (χ0) is 22.0. The first kappa shape index (κ1) is 20.8. The highest BCUT2D eigenvalue weighted by molar-refractivity contribution is 6.07.